The molecule has 0 spiro atoms. The van der Waals surface area contributed by atoms with Crippen LogP contribution in [0.2, 0.25) is 10.0 Å². The first kappa shape index (κ1) is 22.9. The molecule has 1 aliphatic rings. The first-order chi connectivity index (χ1) is 14.3. The van der Waals surface area contributed by atoms with Gasteiger partial charge in [0.25, 0.3) is 0 Å². The molecule has 2 nitrogen and oxygen atoms in total. The van der Waals surface area contributed by atoms with Crippen LogP contribution >= 0.6 is 23.2 Å². The van der Waals surface area contributed by atoms with Crippen molar-refractivity contribution in [1.29, 1.82) is 0 Å². The monoisotopic (exact) mass is 446 g/mol. The summed E-state index contributed by atoms with van der Waals surface area (Å²) in [7, 11) is 0. The van der Waals surface area contributed by atoms with E-state index in [1.165, 1.54) is 5.57 Å². The Morgan fingerprint density at radius 1 is 1.23 bits per heavy atom. The molecule has 2 aromatic carbocycles. The molecule has 1 saturated heterocycles. The largest absolute Gasteiger partial charge is 0.358 e. The second-order valence-corrected chi connectivity index (χ2v) is 8.97. The van der Waals surface area contributed by atoms with Crippen LogP contribution in [0.4, 0.5) is 10.1 Å². The molecule has 3 rings (SSSR count). The maximum absolute atomic E-state index is 15.0. The Labute approximate surface area is 189 Å². The fraction of sp³-hybridized carbons (Fsp3) is 0.360. The summed E-state index contributed by atoms with van der Waals surface area (Å²) in [5.74, 6) is -0.373. The molecule has 0 saturated carbocycles. The van der Waals surface area contributed by atoms with Crippen molar-refractivity contribution in [2.75, 3.05) is 11.9 Å². The molecule has 2 unspecified atom stereocenters. The molecule has 1 N–H and O–H groups in total. The number of hydrogen-bond acceptors (Lipinski definition) is 2. The van der Waals surface area contributed by atoms with Gasteiger partial charge in [-0.3, -0.25) is 4.90 Å². The van der Waals surface area contributed by atoms with Crippen molar-refractivity contribution in [2.24, 2.45) is 0 Å². The van der Waals surface area contributed by atoms with Gasteiger partial charge in [-0.15, -0.1) is 0 Å². The molecule has 2 aromatic rings. The Morgan fingerprint density at radius 2 is 1.97 bits per heavy atom. The van der Waals surface area contributed by atoms with Gasteiger partial charge in [0.05, 0.1) is 11.1 Å². The van der Waals surface area contributed by atoms with E-state index >= 15 is 4.39 Å². The molecule has 1 aliphatic heterocycles. The van der Waals surface area contributed by atoms with E-state index in [2.05, 4.69) is 43.6 Å². The molecule has 0 aliphatic carbocycles. The summed E-state index contributed by atoms with van der Waals surface area (Å²) in [5, 5.41) is 4.24. The van der Waals surface area contributed by atoms with Crippen molar-refractivity contribution in [1.82, 2.24) is 4.90 Å². The predicted molar refractivity (Wildman–Crippen MR) is 127 cm³/mol. The van der Waals surface area contributed by atoms with Crippen LogP contribution in [0, 0.1) is 5.82 Å². The number of nitrogens with zero attached hydrogens (tertiary/aromatic N) is 1. The second-order valence-electron chi connectivity index (χ2n) is 8.13. The lowest BCUT2D eigenvalue weighted by Crippen LogP contribution is -2.40. The third-order valence-electron chi connectivity index (χ3n) is 5.78. The van der Waals surface area contributed by atoms with Crippen molar-refractivity contribution >= 4 is 28.9 Å². The molecule has 160 valence electrons. The van der Waals surface area contributed by atoms with Crippen LogP contribution in [0.15, 0.2) is 66.4 Å². The van der Waals surface area contributed by atoms with Crippen LogP contribution in [-0.2, 0) is 0 Å². The van der Waals surface area contributed by atoms with Gasteiger partial charge >= 0.3 is 0 Å². The van der Waals surface area contributed by atoms with Gasteiger partial charge in [0.2, 0.25) is 0 Å². The van der Waals surface area contributed by atoms with Crippen molar-refractivity contribution in [3.8, 4) is 0 Å². The fourth-order valence-corrected chi connectivity index (χ4v) is 4.71. The minimum atomic E-state index is -0.330. The maximum Gasteiger partial charge on any atom is 0.145 e. The first-order valence-electron chi connectivity index (χ1n) is 10.4. The standard InChI is InChI=1S/C25H29Cl2FN2/c1-5-20-15-22(21-10-7-11-23(27)24(21)28)25(30(20)13-12-16(2)3)17(4)29-19-9-6-8-18(26)14-19/h6-12,14,20,22,25,29H,4-5,13,15H2,1-3H3/t20-,22?,25?/m0/s1. The molecule has 5 heteroatoms. The molecule has 3 atom stereocenters. The molecule has 1 heterocycles. The number of benzene rings is 2. The average Bonchev–Trinajstić information content (AvgIpc) is 3.07. The fourth-order valence-electron chi connectivity index (χ4n) is 4.34. The number of likely N-dealkylation sites (tertiary alicyclic amines) is 1. The Morgan fingerprint density at radius 3 is 2.63 bits per heavy atom. The summed E-state index contributed by atoms with van der Waals surface area (Å²) in [5.41, 5.74) is 3.62. The van der Waals surface area contributed by atoms with Gasteiger partial charge in [-0.1, -0.05) is 66.6 Å². The minimum absolute atomic E-state index is 0.0432. The van der Waals surface area contributed by atoms with Crippen molar-refractivity contribution < 1.29 is 4.39 Å². The van der Waals surface area contributed by atoms with E-state index in [1.807, 2.05) is 36.4 Å². The molecule has 0 amide bonds. The lowest BCUT2D eigenvalue weighted by molar-refractivity contribution is 0.227. The number of anilines is 1. The van der Waals surface area contributed by atoms with Crippen LogP contribution in [0.25, 0.3) is 0 Å². The number of nitrogens with one attached hydrogen (secondary N) is 1. The molecular weight excluding hydrogens is 418 g/mol. The third-order valence-corrected chi connectivity index (χ3v) is 6.31. The summed E-state index contributed by atoms with van der Waals surface area (Å²) < 4.78 is 15.0. The van der Waals surface area contributed by atoms with Gasteiger partial charge in [0.1, 0.15) is 5.82 Å². The second kappa shape index (κ2) is 10.00. The highest BCUT2D eigenvalue weighted by Gasteiger charge is 2.43. The summed E-state index contributed by atoms with van der Waals surface area (Å²) in [6.07, 6.45) is 4.06. The number of allylic oxidation sites excluding steroid dienone is 1. The van der Waals surface area contributed by atoms with Gasteiger partial charge in [-0.2, -0.15) is 0 Å². The van der Waals surface area contributed by atoms with E-state index < -0.39 is 0 Å². The molecule has 0 bridgehead atoms. The SMILES string of the molecule is C=C(Nc1cccc(Cl)c1)C1C(c2cccc(Cl)c2F)C[C@H](CC)N1CC=C(C)C. The van der Waals surface area contributed by atoms with Gasteiger partial charge in [0.15, 0.2) is 0 Å². The summed E-state index contributed by atoms with van der Waals surface area (Å²) >= 11 is 12.3. The van der Waals surface area contributed by atoms with E-state index in [0.29, 0.717) is 16.6 Å². The summed E-state index contributed by atoms with van der Waals surface area (Å²) in [4.78, 5) is 2.43. The van der Waals surface area contributed by atoms with Crippen molar-refractivity contribution in [3.05, 3.63) is 87.8 Å². The van der Waals surface area contributed by atoms with E-state index in [0.717, 1.165) is 30.8 Å². The number of hydrogen-bond donors (Lipinski definition) is 1. The Bertz CT molecular complexity index is 936. The van der Waals surface area contributed by atoms with Gasteiger partial charge in [0, 0.05) is 34.9 Å². The van der Waals surface area contributed by atoms with Crippen LogP contribution in [0.3, 0.4) is 0 Å². The van der Waals surface area contributed by atoms with Gasteiger partial charge in [-0.05, 0) is 56.5 Å². The van der Waals surface area contributed by atoms with Gasteiger partial charge < -0.3 is 5.32 Å². The minimum Gasteiger partial charge on any atom is -0.358 e. The smallest absolute Gasteiger partial charge is 0.145 e. The van der Waals surface area contributed by atoms with E-state index in [1.54, 1.807) is 6.07 Å². The zero-order chi connectivity index (χ0) is 21.8. The van der Waals surface area contributed by atoms with E-state index in [4.69, 9.17) is 23.2 Å². The Kier molecular flexibility index (Phi) is 7.62. The van der Waals surface area contributed by atoms with E-state index in [9.17, 15) is 0 Å². The molecule has 0 aromatic heterocycles. The van der Waals surface area contributed by atoms with Crippen LogP contribution in [0.1, 0.15) is 45.1 Å². The Balaban J connectivity index is 2.00. The predicted octanol–water partition coefficient (Wildman–Crippen LogP) is 7.66. The molecular formula is C25H29Cl2FN2. The van der Waals surface area contributed by atoms with E-state index in [-0.39, 0.29) is 22.8 Å². The average molecular weight is 447 g/mol. The highest BCUT2D eigenvalue weighted by Crippen LogP contribution is 2.43. The third kappa shape index (κ3) is 5.08. The maximum atomic E-state index is 15.0. The zero-order valence-electron chi connectivity index (χ0n) is 17.8. The summed E-state index contributed by atoms with van der Waals surface area (Å²) in [6.45, 7) is 11.5. The lowest BCUT2D eigenvalue weighted by atomic mass is 9.88. The Hall–Kier alpha value is -1.81. The van der Waals surface area contributed by atoms with Crippen molar-refractivity contribution in [3.63, 3.8) is 0 Å². The number of halogens is 3. The topological polar surface area (TPSA) is 15.3 Å². The van der Waals surface area contributed by atoms with Crippen LogP contribution in [0.5, 0.6) is 0 Å². The molecule has 1 fully saturated rings. The zero-order valence-corrected chi connectivity index (χ0v) is 19.3. The highest BCUT2D eigenvalue weighted by molar-refractivity contribution is 6.31. The first-order valence-corrected chi connectivity index (χ1v) is 11.1. The quantitative estimate of drug-likeness (QED) is 0.438. The van der Waals surface area contributed by atoms with Gasteiger partial charge in [-0.25, -0.2) is 4.39 Å². The summed E-state index contributed by atoms with van der Waals surface area (Å²) in [6, 6.07) is 13.1. The van der Waals surface area contributed by atoms with Crippen molar-refractivity contribution in [2.45, 2.75) is 51.6 Å². The highest BCUT2D eigenvalue weighted by atomic mass is 35.5. The van der Waals surface area contributed by atoms with Crippen LogP contribution < -0.4 is 5.32 Å². The lowest BCUT2D eigenvalue weighted by Gasteiger charge is -2.33. The number of rotatable bonds is 7. The molecule has 30 heavy (non-hydrogen) atoms. The van der Waals surface area contributed by atoms with Crippen LogP contribution in [-0.4, -0.2) is 23.5 Å². The molecule has 0 radical (unpaired) electrons. The normalized spacial score (nSPS) is 21.5.